The summed E-state index contributed by atoms with van der Waals surface area (Å²) in [5, 5.41) is 8.76. The Labute approximate surface area is 152 Å². The highest BCUT2D eigenvalue weighted by Gasteiger charge is 2.18. The number of carboxylic acids is 1. The molecule has 0 bridgehead atoms. The lowest BCUT2D eigenvalue weighted by atomic mass is 10.1. The van der Waals surface area contributed by atoms with Gasteiger partial charge in [0.05, 0.1) is 14.1 Å². The molecule has 1 atom stereocenters. The van der Waals surface area contributed by atoms with Crippen LogP contribution in [0.2, 0.25) is 0 Å². The summed E-state index contributed by atoms with van der Waals surface area (Å²) in [4.78, 5) is 23.7. The third-order valence-electron chi connectivity index (χ3n) is 3.65. The van der Waals surface area contributed by atoms with Gasteiger partial charge in [-0.2, -0.15) is 0 Å². The molecule has 0 fully saturated rings. The molecule has 0 aliphatic heterocycles. The quantitative estimate of drug-likeness (QED) is 0.227. The van der Waals surface area contributed by atoms with E-state index in [0.29, 0.717) is 19.4 Å². The summed E-state index contributed by atoms with van der Waals surface area (Å²) in [5.41, 5.74) is 0. The summed E-state index contributed by atoms with van der Waals surface area (Å²) < 4.78 is 5.44. The van der Waals surface area contributed by atoms with Crippen molar-refractivity contribution in [2.75, 3.05) is 20.6 Å². The summed E-state index contributed by atoms with van der Waals surface area (Å²) >= 11 is 0. The molecule has 0 spiro atoms. The van der Waals surface area contributed by atoms with Gasteiger partial charge in [-0.25, -0.2) is 0 Å². The topological polar surface area (TPSA) is 68.0 Å². The van der Waals surface area contributed by atoms with E-state index in [2.05, 4.69) is 6.58 Å². The highest BCUT2D eigenvalue weighted by Crippen LogP contribution is 2.10. The van der Waals surface area contributed by atoms with Crippen LogP contribution in [0.3, 0.4) is 0 Å². The zero-order chi connectivity index (χ0) is 17.5. The van der Waals surface area contributed by atoms with Gasteiger partial charge >= 0.3 is 11.9 Å². The highest BCUT2D eigenvalue weighted by molar-refractivity contribution is 5.69. The van der Waals surface area contributed by atoms with E-state index in [9.17, 15) is 9.59 Å². The van der Waals surface area contributed by atoms with E-state index in [-0.39, 0.29) is 30.9 Å². The molecule has 0 amide bonds. The van der Waals surface area contributed by atoms with Gasteiger partial charge in [0.2, 0.25) is 0 Å². The number of hydrogen-bond donors (Lipinski definition) is 2. The normalized spacial score (nSPS) is 11.6. The Morgan fingerprint density at radius 2 is 1.67 bits per heavy atom. The van der Waals surface area contributed by atoms with E-state index in [4.69, 9.17) is 9.84 Å². The van der Waals surface area contributed by atoms with Gasteiger partial charge in [-0.15, -0.1) is 6.58 Å². The average Bonchev–Trinajstić information content (AvgIpc) is 2.47. The Hall–Kier alpha value is -1.07. The van der Waals surface area contributed by atoms with Crippen LogP contribution in [0, 0.1) is 0 Å². The van der Waals surface area contributed by atoms with Crippen molar-refractivity contribution in [1.29, 1.82) is 0 Å². The minimum Gasteiger partial charge on any atom is -1.00 e. The number of carboxylic acid groups (broad SMARTS) is 1. The molecule has 0 saturated heterocycles. The second kappa shape index (κ2) is 16.8. The van der Waals surface area contributed by atoms with E-state index in [0.717, 1.165) is 30.6 Å². The number of likely N-dealkylation sites (N-methyl/N-ethyl adjacent to an activating group) is 1. The van der Waals surface area contributed by atoms with Gasteiger partial charge < -0.3 is 27.2 Å². The van der Waals surface area contributed by atoms with Crippen LogP contribution in [0.15, 0.2) is 12.7 Å². The molecule has 0 aliphatic carbocycles. The largest absolute Gasteiger partial charge is 1.00 e. The molecule has 0 heterocycles. The molecule has 0 aliphatic rings. The third kappa shape index (κ3) is 17.3. The van der Waals surface area contributed by atoms with Crippen molar-refractivity contribution in [2.24, 2.45) is 0 Å². The number of aliphatic carboxylic acids is 1. The lowest BCUT2D eigenvalue weighted by molar-refractivity contribution is -0.861. The van der Waals surface area contributed by atoms with E-state index in [1.165, 1.54) is 19.3 Å². The van der Waals surface area contributed by atoms with E-state index in [1.54, 1.807) is 0 Å². The summed E-state index contributed by atoms with van der Waals surface area (Å²) in [6.07, 6.45) is 10.2. The van der Waals surface area contributed by atoms with Crippen LogP contribution in [-0.4, -0.2) is 43.8 Å². The van der Waals surface area contributed by atoms with E-state index in [1.807, 2.05) is 20.2 Å². The zero-order valence-corrected chi connectivity index (χ0v) is 15.9. The fourth-order valence-electron chi connectivity index (χ4n) is 2.45. The SMILES string of the molecule is C=CCCCCCCCCC(=O)O[C@H](CCC(=O)O)C[NH+](C)C.[Cl-]. The third-order valence-corrected chi connectivity index (χ3v) is 3.65. The lowest BCUT2D eigenvalue weighted by Gasteiger charge is -2.19. The molecule has 0 aromatic rings. The fraction of sp³-hybridized carbons (Fsp3) is 0.778. The van der Waals surface area contributed by atoms with Gasteiger partial charge in [-0.05, 0) is 19.3 Å². The molecule has 0 radical (unpaired) electrons. The summed E-state index contributed by atoms with van der Waals surface area (Å²) in [7, 11) is 3.93. The van der Waals surface area contributed by atoms with Crippen LogP contribution in [0.5, 0.6) is 0 Å². The van der Waals surface area contributed by atoms with Crippen molar-refractivity contribution in [2.45, 2.75) is 70.3 Å². The molecule has 6 heteroatoms. The van der Waals surface area contributed by atoms with Gasteiger partial charge in [0, 0.05) is 19.3 Å². The molecular formula is C18H34ClNO4. The highest BCUT2D eigenvalue weighted by atomic mass is 35.5. The molecule has 0 aromatic carbocycles. The van der Waals surface area contributed by atoms with Crippen LogP contribution >= 0.6 is 0 Å². The number of allylic oxidation sites excluding steroid dienone is 1. The Kier molecular flexibility index (Phi) is 17.6. The second-order valence-corrected chi connectivity index (χ2v) is 6.40. The summed E-state index contributed by atoms with van der Waals surface area (Å²) in [5.74, 6) is -1.05. The molecule has 0 rings (SSSR count). The van der Waals surface area contributed by atoms with Crippen molar-refractivity contribution in [3.63, 3.8) is 0 Å². The maximum atomic E-state index is 11.9. The molecule has 24 heavy (non-hydrogen) atoms. The van der Waals surface area contributed by atoms with Crippen molar-refractivity contribution in [1.82, 2.24) is 0 Å². The molecular weight excluding hydrogens is 330 g/mol. The van der Waals surface area contributed by atoms with Crippen molar-refractivity contribution in [3.8, 4) is 0 Å². The van der Waals surface area contributed by atoms with Gasteiger partial charge in [0.15, 0.2) is 6.10 Å². The van der Waals surface area contributed by atoms with E-state index >= 15 is 0 Å². The monoisotopic (exact) mass is 363 g/mol. The fourth-order valence-corrected chi connectivity index (χ4v) is 2.45. The number of carbonyl (C=O) groups is 2. The predicted molar refractivity (Wildman–Crippen MR) is 91.6 cm³/mol. The Morgan fingerprint density at radius 1 is 1.08 bits per heavy atom. The standard InChI is InChI=1S/C18H33NO4.ClH/c1-4-5-6-7-8-9-10-11-12-18(22)23-16(15-19(2)3)13-14-17(20)21;/h4,16H,1,5-15H2,2-3H3,(H,20,21);1H/t16-;/m1./s1. The molecule has 0 aromatic heterocycles. The maximum absolute atomic E-state index is 11.9. The van der Waals surface area contributed by atoms with Crippen LogP contribution in [-0.2, 0) is 14.3 Å². The molecule has 0 saturated carbocycles. The average molecular weight is 364 g/mol. The maximum Gasteiger partial charge on any atom is 0.306 e. The van der Waals surface area contributed by atoms with Crippen molar-refractivity contribution < 1.29 is 36.7 Å². The predicted octanol–water partition coefficient (Wildman–Crippen LogP) is -0.782. The first-order valence-corrected chi connectivity index (χ1v) is 8.77. The number of esters is 1. The number of ether oxygens (including phenoxy) is 1. The first kappa shape index (κ1) is 25.2. The number of quaternary nitrogens is 1. The second-order valence-electron chi connectivity index (χ2n) is 6.40. The number of rotatable bonds is 15. The van der Waals surface area contributed by atoms with Crippen molar-refractivity contribution >= 4 is 11.9 Å². The smallest absolute Gasteiger partial charge is 0.306 e. The Morgan fingerprint density at radius 3 is 2.21 bits per heavy atom. The number of carbonyl (C=O) groups excluding carboxylic acids is 1. The first-order chi connectivity index (χ1) is 11.0. The van der Waals surface area contributed by atoms with Crippen LogP contribution in [0.4, 0.5) is 0 Å². The lowest BCUT2D eigenvalue weighted by Crippen LogP contribution is -3.07. The van der Waals surface area contributed by atoms with Crippen LogP contribution in [0.1, 0.15) is 64.2 Å². The summed E-state index contributed by atoms with van der Waals surface area (Å²) in [6, 6.07) is 0. The number of unbranched alkanes of at least 4 members (excludes halogenated alkanes) is 6. The molecule has 5 nitrogen and oxygen atoms in total. The molecule has 2 N–H and O–H groups in total. The minimum absolute atomic E-state index is 0. The summed E-state index contributed by atoms with van der Waals surface area (Å²) in [6.45, 7) is 4.35. The number of hydrogen-bond acceptors (Lipinski definition) is 3. The zero-order valence-electron chi connectivity index (χ0n) is 15.2. The molecule has 0 unspecified atom stereocenters. The van der Waals surface area contributed by atoms with Crippen LogP contribution < -0.4 is 17.3 Å². The number of halogens is 1. The van der Waals surface area contributed by atoms with Gasteiger partial charge in [0.25, 0.3) is 0 Å². The van der Waals surface area contributed by atoms with Gasteiger partial charge in [-0.1, -0.05) is 31.8 Å². The number of nitrogens with one attached hydrogen (secondary N) is 1. The van der Waals surface area contributed by atoms with Gasteiger partial charge in [-0.3, -0.25) is 9.59 Å². The van der Waals surface area contributed by atoms with Gasteiger partial charge in [0.1, 0.15) is 6.54 Å². The van der Waals surface area contributed by atoms with Crippen LogP contribution in [0.25, 0.3) is 0 Å². The minimum atomic E-state index is -0.851. The first-order valence-electron chi connectivity index (χ1n) is 8.77. The Bertz CT molecular complexity index is 348. The molecule has 142 valence electrons. The Balaban J connectivity index is 0. The van der Waals surface area contributed by atoms with E-state index < -0.39 is 5.97 Å². The van der Waals surface area contributed by atoms with Crippen molar-refractivity contribution in [3.05, 3.63) is 12.7 Å².